The Bertz CT molecular complexity index is 93.2. The van der Waals surface area contributed by atoms with Gasteiger partial charge in [-0.1, -0.05) is 0 Å². The molecule has 60 valence electrons. The molecule has 0 rings (SSSR count). The Morgan fingerprint density at radius 1 is 1.22 bits per heavy atom. The second kappa shape index (κ2) is 11.6. The zero-order chi connectivity index (χ0) is 5.70. The van der Waals surface area contributed by atoms with E-state index in [0.29, 0.717) is 0 Å². The summed E-state index contributed by atoms with van der Waals surface area (Å²) in [5.41, 5.74) is 0. The summed E-state index contributed by atoms with van der Waals surface area (Å²) < 4.78 is 1.84. The molecular weight excluding hydrogens is 244 g/mol. The molecule has 3 heteroatoms. The van der Waals surface area contributed by atoms with E-state index in [4.69, 9.17) is 19.4 Å². The number of hydrogen-bond donors (Lipinski definition) is 0. The van der Waals surface area contributed by atoms with Crippen molar-refractivity contribution in [2.24, 2.45) is 0 Å². The van der Waals surface area contributed by atoms with Crippen LogP contribution in [0.3, 0.4) is 0 Å². The second-order valence-electron chi connectivity index (χ2n) is 0.848. The average molecular weight is 256 g/mol. The third-order valence-electron chi connectivity index (χ3n) is 0.350. The largest absolute Gasteiger partial charge is 0.358 e. The van der Waals surface area contributed by atoms with E-state index < -0.39 is 13.5 Å². The molecule has 0 nitrogen and oxygen atoms in total. The van der Waals surface area contributed by atoms with Crippen LogP contribution in [0.4, 0.5) is 0 Å². The molecule has 0 aromatic rings. The smallest absolute Gasteiger partial charge is 0.358 e. The Kier molecular flexibility index (Phi) is 21.1. The molecule has 0 saturated carbocycles. The van der Waals surface area contributed by atoms with Gasteiger partial charge in [0.2, 0.25) is 0 Å². The molecular formula is C6H12Cl2Ru-2. The maximum atomic E-state index is 5.46. The van der Waals surface area contributed by atoms with Crippen molar-refractivity contribution in [3.8, 4) is 0 Å². The van der Waals surface area contributed by atoms with Gasteiger partial charge in [-0.05, 0) is 0 Å². The molecule has 0 unspecified atom stereocenters. The molecule has 0 fully saturated rings. The maximum Gasteiger partial charge on any atom is -0.358 e. The van der Waals surface area contributed by atoms with Crippen LogP contribution < -0.4 is 0 Å². The SMILES string of the molecule is C/C=C/[CH]=[Ru]([Cl])[Cl].[CH3-].[CH3-]. The topological polar surface area (TPSA) is 0 Å². The summed E-state index contributed by atoms with van der Waals surface area (Å²) in [5.74, 6) is 0. The number of hydrogen-bond acceptors (Lipinski definition) is 0. The van der Waals surface area contributed by atoms with Crippen LogP contribution in [0, 0.1) is 14.9 Å². The van der Waals surface area contributed by atoms with Crippen LogP contribution in [-0.2, 0) is 13.5 Å². The van der Waals surface area contributed by atoms with Crippen LogP contribution in [0.15, 0.2) is 12.2 Å². The molecule has 0 aromatic heterocycles. The van der Waals surface area contributed by atoms with Crippen molar-refractivity contribution >= 4 is 24.0 Å². The summed E-state index contributed by atoms with van der Waals surface area (Å²) in [6.07, 6.45) is 3.78. The molecule has 0 saturated heterocycles. The normalized spacial score (nSPS) is 9.44. The number of halogens is 2. The fraction of sp³-hybridized carbons (Fsp3) is 0.167. The second-order valence-corrected chi connectivity index (χ2v) is 6.65. The van der Waals surface area contributed by atoms with Crippen LogP contribution >= 0.6 is 19.4 Å². The minimum absolute atomic E-state index is 0. The van der Waals surface area contributed by atoms with Crippen molar-refractivity contribution < 1.29 is 13.5 Å². The van der Waals surface area contributed by atoms with Crippen LogP contribution in [0.5, 0.6) is 0 Å². The monoisotopic (exact) mass is 256 g/mol. The molecule has 0 aliphatic rings. The van der Waals surface area contributed by atoms with E-state index in [-0.39, 0.29) is 14.9 Å². The van der Waals surface area contributed by atoms with E-state index in [1.165, 1.54) is 0 Å². The minimum Gasteiger partial charge on any atom is -0.358 e. The van der Waals surface area contributed by atoms with E-state index in [9.17, 15) is 0 Å². The summed E-state index contributed by atoms with van der Waals surface area (Å²) in [6, 6.07) is 0. The van der Waals surface area contributed by atoms with Crippen molar-refractivity contribution in [3.05, 3.63) is 27.0 Å². The van der Waals surface area contributed by atoms with Crippen molar-refractivity contribution in [1.82, 2.24) is 0 Å². The van der Waals surface area contributed by atoms with E-state index in [1.807, 2.05) is 23.7 Å². The van der Waals surface area contributed by atoms with Gasteiger partial charge in [0.25, 0.3) is 0 Å². The van der Waals surface area contributed by atoms with E-state index in [0.717, 1.165) is 0 Å². The van der Waals surface area contributed by atoms with E-state index >= 15 is 0 Å². The zero-order valence-corrected chi connectivity index (χ0v) is 9.09. The summed E-state index contributed by atoms with van der Waals surface area (Å²) in [6.45, 7) is 1.93. The quantitative estimate of drug-likeness (QED) is 0.499. The maximum absolute atomic E-state index is 5.46. The third kappa shape index (κ3) is 17.7. The van der Waals surface area contributed by atoms with Crippen LogP contribution in [0.25, 0.3) is 0 Å². The summed E-state index contributed by atoms with van der Waals surface area (Å²) in [4.78, 5) is 0. The molecule has 0 bridgehead atoms. The minimum atomic E-state index is -1.49. The van der Waals surface area contributed by atoms with Gasteiger partial charge in [0, 0.05) is 0 Å². The van der Waals surface area contributed by atoms with Gasteiger partial charge in [-0.2, -0.15) is 0 Å². The number of rotatable bonds is 1. The molecule has 0 atom stereocenters. The first-order chi connectivity index (χ1) is 3.27. The van der Waals surface area contributed by atoms with E-state index in [1.54, 1.807) is 0 Å². The fourth-order valence-electron chi connectivity index (χ4n) is 0.119. The first-order valence-electron chi connectivity index (χ1n) is 1.72. The molecule has 0 spiro atoms. The van der Waals surface area contributed by atoms with Crippen molar-refractivity contribution in [2.45, 2.75) is 6.92 Å². The molecule has 0 aliphatic carbocycles. The van der Waals surface area contributed by atoms with Crippen molar-refractivity contribution in [2.75, 3.05) is 0 Å². The van der Waals surface area contributed by atoms with Crippen molar-refractivity contribution in [3.63, 3.8) is 0 Å². The zero-order valence-electron chi connectivity index (χ0n) is 5.84. The van der Waals surface area contributed by atoms with Gasteiger partial charge >= 0.3 is 56.6 Å². The Labute approximate surface area is 71.4 Å². The first-order valence-corrected chi connectivity index (χ1v) is 7.20. The van der Waals surface area contributed by atoms with Crippen LogP contribution in [0.2, 0.25) is 0 Å². The summed E-state index contributed by atoms with van der Waals surface area (Å²) in [7, 11) is 10.9. The Balaban J connectivity index is -0.000000180. The van der Waals surface area contributed by atoms with Gasteiger partial charge in [-0.15, -0.1) is 0 Å². The Morgan fingerprint density at radius 3 is 1.78 bits per heavy atom. The predicted octanol–water partition coefficient (Wildman–Crippen LogP) is 3.19. The van der Waals surface area contributed by atoms with Gasteiger partial charge < -0.3 is 14.9 Å². The number of allylic oxidation sites excluding steroid dienone is 2. The Morgan fingerprint density at radius 2 is 1.67 bits per heavy atom. The van der Waals surface area contributed by atoms with Gasteiger partial charge in [0.15, 0.2) is 0 Å². The van der Waals surface area contributed by atoms with Crippen LogP contribution in [-0.4, -0.2) is 4.61 Å². The van der Waals surface area contributed by atoms with Gasteiger partial charge in [0.1, 0.15) is 0 Å². The molecule has 0 aromatic carbocycles. The van der Waals surface area contributed by atoms with Gasteiger partial charge in [-0.25, -0.2) is 0 Å². The predicted molar refractivity (Wildman–Crippen MR) is 45.4 cm³/mol. The summed E-state index contributed by atoms with van der Waals surface area (Å²) >= 11 is -1.49. The standard InChI is InChI=1S/C4H6.2CH3.2ClH.Ru/c1-3-4-2;;;;;/h1,3-4H,2H3;2*1H3;2*1H;/q;2*-1;;;+2/p-2/b4-3+;;;;;. The molecule has 9 heavy (non-hydrogen) atoms. The van der Waals surface area contributed by atoms with Crippen LogP contribution in [0.1, 0.15) is 6.92 Å². The van der Waals surface area contributed by atoms with Gasteiger partial charge in [0.05, 0.1) is 0 Å². The molecule has 0 N–H and O–H groups in total. The fourth-order valence-corrected chi connectivity index (χ4v) is 1.32. The molecule has 0 heterocycles. The molecule has 0 radical (unpaired) electrons. The first kappa shape index (κ1) is 16.4. The molecule has 0 amide bonds. The van der Waals surface area contributed by atoms with Gasteiger partial charge in [-0.3, -0.25) is 0 Å². The van der Waals surface area contributed by atoms with Crippen molar-refractivity contribution in [1.29, 1.82) is 0 Å². The molecule has 0 aliphatic heterocycles. The average Bonchev–Trinajstić information content (AvgIpc) is 1.61. The summed E-state index contributed by atoms with van der Waals surface area (Å²) in [5, 5.41) is 0. The third-order valence-corrected chi connectivity index (χ3v) is 2.18. The Hall–Kier alpha value is 0.813. The van der Waals surface area contributed by atoms with E-state index in [2.05, 4.69) is 0 Å².